The zero-order chi connectivity index (χ0) is 64.3. The SMILES string of the molecule is CCN1/C(=C\C2=C(O)C(=c3\ccc4ccc(C5=C(O)/C(=c6\ccc7ccc(C8=C(O)C(/C=C9\N(CC)c%10ccc(C)cc%10C9(C)C)C8=O)c8c7c6=NC(CC(C)C)(CC(C)C)N8)C5=O)c5c4c3=NC(CC(C)C)(CC(C)C)N5)/C2=O)C(C)(C)c2cc(C)ccc21. The molecule has 12 heteroatoms. The summed E-state index contributed by atoms with van der Waals surface area (Å²) in [7, 11) is 0. The van der Waals surface area contributed by atoms with Gasteiger partial charge in [-0.15, -0.1) is 0 Å². The van der Waals surface area contributed by atoms with Gasteiger partial charge in [0.1, 0.15) is 34.5 Å². The summed E-state index contributed by atoms with van der Waals surface area (Å²) in [4.78, 5) is 61.2. The average molecular weight is 1200 g/mol. The number of rotatable bonds is 14. The summed E-state index contributed by atoms with van der Waals surface area (Å²) in [5.74, 6) is -1.14. The van der Waals surface area contributed by atoms with Crippen LogP contribution in [-0.2, 0) is 25.2 Å². The third-order valence-electron chi connectivity index (χ3n) is 20.0. The van der Waals surface area contributed by atoms with E-state index >= 15 is 4.79 Å². The van der Waals surface area contributed by atoms with E-state index < -0.39 is 28.1 Å². The number of carbonyl (C=O) groups excluding carboxylic acids is 3. The molecule has 1 unspecified atom stereocenters. The van der Waals surface area contributed by atoms with Crippen molar-refractivity contribution in [3.63, 3.8) is 0 Å². The summed E-state index contributed by atoms with van der Waals surface area (Å²) in [6.07, 6.45) is 6.31. The monoisotopic (exact) mass is 1200 g/mol. The number of aryl methyl sites for hydroxylation is 2. The maximum absolute atomic E-state index is 15.6. The second-order valence-electron chi connectivity index (χ2n) is 29.4. The number of likely N-dealkylation sites (N-methyl/N-ethyl adjacent to an activating group) is 2. The highest BCUT2D eigenvalue weighted by Gasteiger charge is 2.49. The van der Waals surface area contributed by atoms with Gasteiger partial charge in [-0.3, -0.25) is 24.4 Å². The van der Waals surface area contributed by atoms with Crippen molar-refractivity contribution < 1.29 is 29.7 Å². The van der Waals surface area contributed by atoms with Crippen LogP contribution >= 0.6 is 0 Å². The first-order valence-corrected chi connectivity index (χ1v) is 32.7. The second-order valence-corrected chi connectivity index (χ2v) is 29.4. The number of benzene rings is 6. The van der Waals surface area contributed by atoms with Crippen LogP contribution in [0.3, 0.4) is 0 Å². The van der Waals surface area contributed by atoms with Gasteiger partial charge in [0.05, 0.1) is 50.0 Å². The first-order valence-electron chi connectivity index (χ1n) is 32.7. The fourth-order valence-corrected chi connectivity index (χ4v) is 16.4. The highest BCUT2D eigenvalue weighted by Crippen LogP contribution is 2.53. The Hall–Kier alpha value is -8.51. The van der Waals surface area contributed by atoms with E-state index in [0.717, 1.165) is 44.7 Å². The third-order valence-corrected chi connectivity index (χ3v) is 20.0. The Morgan fingerprint density at radius 2 is 0.956 bits per heavy atom. The molecule has 464 valence electrons. The topological polar surface area (TPSA) is 167 Å². The Balaban J connectivity index is 0.993. The number of Topliss-reactive ketones (excluding diaryl/α,β-unsaturated/α-hetero) is 3. The van der Waals surface area contributed by atoms with Crippen LogP contribution in [0.15, 0.2) is 141 Å². The van der Waals surface area contributed by atoms with Gasteiger partial charge in [0.25, 0.3) is 0 Å². The predicted molar refractivity (Wildman–Crippen MR) is 365 cm³/mol. The van der Waals surface area contributed by atoms with Crippen LogP contribution < -0.4 is 41.6 Å². The van der Waals surface area contributed by atoms with E-state index in [-0.39, 0.29) is 86.2 Å². The molecule has 4 heterocycles. The molecule has 6 aromatic rings. The Morgan fingerprint density at radius 1 is 0.533 bits per heavy atom. The number of ketones is 3. The number of hydrogen-bond acceptors (Lipinski definition) is 12. The first kappa shape index (κ1) is 60.4. The van der Waals surface area contributed by atoms with Gasteiger partial charge in [-0.2, -0.15) is 0 Å². The molecule has 0 saturated carbocycles. The van der Waals surface area contributed by atoms with Crippen molar-refractivity contribution in [3.05, 3.63) is 186 Å². The minimum Gasteiger partial charge on any atom is -0.510 e. The third kappa shape index (κ3) is 8.98. The predicted octanol–water partition coefficient (Wildman–Crippen LogP) is 14.4. The van der Waals surface area contributed by atoms with Crippen LogP contribution in [0.2, 0.25) is 0 Å². The van der Waals surface area contributed by atoms with Crippen LogP contribution in [0.25, 0.3) is 43.8 Å². The van der Waals surface area contributed by atoms with Gasteiger partial charge in [0.2, 0.25) is 11.6 Å². The van der Waals surface area contributed by atoms with E-state index in [1.54, 1.807) is 0 Å². The van der Waals surface area contributed by atoms with Gasteiger partial charge < -0.3 is 35.8 Å². The van der Waals surface area contributed by atoms with Crippen LogP contribution in [0, 0.1) is 43.4 Å². The number of nitrogens with one attached hydrogen (secondary N) is 2. The molecule has 0 bridgehead atoms. The lowest BCUT2D eigenvalue weighted by Gasteiger charge is -2.40. The molecule has 5 N–H and O–H groups in total. The highest BCUT2D eigenvalue weighted by atomic mass is 16.3. The van der Waals surface area contributed by atoms with E-state index in [9.17, 15) is 24.9 Å². The number of carbonyl (C=O) groups is 3. The van der Waals surface area contributed by atoms with Crippen molar-refractivity contribution in [2.75, 3.05) is 33.5 Å². The number of anilines is 4. The standard InChI is InChI=1S/C78H86N6O6/c1-17-83-55-29-19-43(11)31-53(55)75(13,14)57(83)33-51-69(85)61(70(51)86)47-25-21-45-23-27-49(67-59(45)65(47)79-77(81-67,35-39(3)4)36-40(5)6)63-73(89)64(74(63)90)50-28-24-46-22-26-48(66-60(46)68(50)82-78(80-66,37-41(7)8)38-42(9)10)62-71(87)52(72(62)88)34-58-76(15,16)54-32-44(12)20-30-56(54)84(58)18-2/h19-34,39-42,51,79,82,85,87,89H,17-18,35-38H2,1-16H3/b57-33-,58-34-,62-48-,63-49-. The highest BCUT2D eigenvalue weighted by molar-refractivity contribution is 6.52. The van der Waals surface area contributed by atoms with Crippen molar-refractivity contribution in [2.45, 2.75) is 159 Å². The van der Waals surface area contributed by atoms with Crippen LogP contribution in [0.4, 0.5) is 22.7 Å². The molecule has 0 fully saturated rings. The summed E-state index contributed by atoms with van der Waals surface area (Å²) in [6.45, 7) is 35.8. The molecule has 13 rings (SSSR count). The zero-order valence-electron chi connectivity index (χ0n) is 55.2. The summed E-state index contributed by atoms with van der Waals surface area (Å²) < 4.78 is 0. The van der Waals surface area contributed by atoms with E-state index in [0.29, 0.717) is 93.2 Å². The van der Waals surface area contributed by atoms with E-state index in [4.69, 9.17) is 9.98 Å². The molecule has 90 heavy (non-hydrogen) atoms. The normalized spacial score (nSPS) is 22.0. The summed E-state index contributed by atoms with van der Waals surface area (Å²) >= 11 is 0. The van der Waals surface area contributed by atoms with E-state index in [2.05, 4.69) is 168 Å². The molecule has 4 aliphatic heterocycles. The molecule has 7 aliphatic rings. The van der Waals surface area contributed by atoms with E-state index in [1.807, 2.05) is 60.7 Å². The Labute approximate surface area is 528 Å². The number of allylic oxidation sites excluding steroid dienone is 9. The van der Waals surface area contributed by atoms with Gasteiger partial charge >= 0.3 is 0 Å². The van der Waals surface area contributed by atoms with Crippen molar-refractivity contribution in [2.24, 2.45) is 39.6 Å². The van der Waals surface area contributed by atoms with Crippen LogP contribution in [0.1, 0.15) is 156 Å². The molecule has 0 saturated heterocycles. The van der Waals surface area contributed by atoms with Crippen LogP contribution in [0.5, 0.6) is 0 Å². The maximum atomic E-state index is 15.6. The second kappa shape index (κ2) is 21.0. The van der Waals surface area contributed by atoms with Gasteiger partial charge in [-0.1, -0.05) is 167 Å². The van der Waals surface area contributed by atoms with Crippen molar-refractivity contribution in [1.29, 1.82) is 0 Å². The number of hydrogen-bond donors (Lipinski definition) is 5. The largest absolute Gasteiger partial charge is 0.510 e. The minimum atomic E-state index is -0.893. The number of fused-ring (bicyclic) bond motifs is 2. The van der Waals surface area contributed by atoms with Gasteiger partial charge in [0, 0.05) is 79.0 Å². The molecule has 6 aromatic carbocycles. The van der Waals surface area contributed by atoms with Gasteiger partial charge in [-0.25, -0.2) is 0 Å². The van der Waals surface area contributed by atoms with E-state index in [1.165, 1.54) is 11.1 Å². The van der Waals surface area contributed by atoms with Crippen molar-refractivity contribution in [1.82, 2.24) is 0 Å². The fourth-order valence-electron chi connectivity index (χ4n) is 16.4. The Bertz CT molecular complexity index is 4660. The maximum Gasteiger partial charge on any atom is 0.201 e. The molecule has 0 amide bonds. The molecule has 12 nitrogen and oxygen atoms in total. The minimum absolute atomic E-state index is 0.0140. The number of aliphatic hydroxyl groups excluding tert-OH is 3. The molecule has 3 aliphatic carbocycles. The molecule has 1 atom stereocenters. The quantitative estimate of drug-likeness (QED) is 0.0708. The molecular weight excluding hydrogens is 1120 g/mol. The zero-order valence-corrected chi connectivity index (χ0v) is 55.2. The molecule has 0 spiro atoms. The smallest absolute Gasteiger partial charge is 0.201 e. The Kier molecular flexibility index (Phi) is 14.1. The average Bonchev–Trinajstić information content (AvgIpc) is 0.967. The molecule has 0 aromatic heterocycles. The van der Waals surface area contributed by atoms with Gasteiger partial charge in [0.15, 0.2) is 5.78 Å². The number of nitrogens with zero attached hydrogens (tertiary/aromatic N) is 4. The van der Waals surface area contributed by atoms with Crippen LogP contribution in [-0.4, -0.2) is 57.1 Å². The lowest BCUT2D eigenvalue weighted by molar-refractivity contribution is -0.118. The summed E-state index contributed by atoms with van der Waals surface area (Å²) in [6, 6.07) is 28.3. The van der Waals surface area contributed by atoms with Crippen molar-refractivity contribution in [3.8, 4) is 0 Å². The summed E-state index contributed by atoms with van der Waals surface area (Å²) in [5.41, 5.74) is 9.59. The molecule has 0 radical (unpaired) electrons. The van der Waals surface area contributed by atoms with Crippen molar-refractivity contribution >= 4 is 83.9 Å². The lowest BCUT2D eigenvalue weighted by atomic mass is 9.74. The molecular formula is C78H86N6O6. The van der Waals surface area contributed by atoms with Gasteiger partial charge in [-0.05, 0) is 123 Å². The lowest BCUT2D eigenvalue weighted by Crippen LogP contribution is -2.48. The Morgan fingerprint density at radius 3 is 1.38 bits per heavy atom. The fraction of sp³-hybridized carbons (Fsp3) is 0.397. The number of aliphatic hydroxyl groups is 3. The summed E-state index contributed by atoms with van der Waals surface area (Å²) in [5, 5.41) is 50.4. The first-order chi connectivity index (χ1) is 42.5.